The first kappa shape index (κ1) is 21.4. The van der Waals surface area contributed by atoms with E-state index in [-0.39, 0.29) is 0 Å². The summed E-state index contributed by atoms with van der Waals surface area (Å²) in [6, 6.07) is 13.1. The number of nitrogens with one attached hydrogen (secondary N) is 2. The molecular formula is C24H26FN7O. The van der Waals surface area contributed by atoms with E-state index in [0.717, 1.165) is 56.8 Å². The van der Waals surface area contributed by atoms with Gasteiger partial charge in [0.2, 0.25) is 0 Å². The number of morpholine rings is 1. The number of alkyl halides is 1. The van der Waals surface area contributed by atoms with Crippen molar-refractivity contribution < 1.29 is 9.13 Å². The SMILES string of the molecule is FCc1ccccc1-c1nc(CCCN2CCOCC2)cc(Nc2[nH]nc3ncccc23)n1. The van der Waals surface area contributed by atoms with E-state index in [9.17, 15) is 4.39 Å². The predicted molar refractivity (Wildman–Crippen MR) is 125 cm³/mol. The standard InChI is InChI=1S/C24H26FN7O/c25-16-17-5-1-2-7-19(17)23-27-18(6-4-10-32-11-13-33-14-12-32)15-21(28-23)29-24-20-8-3-9-26-22(20)30-31-24/h1-3,5,7-9,15H,4,6,10-14,16H2,(H2,26,27,28,29,30,31). The molecule has 4 heterocycles. The normalized spacial score (nSPS) is 14.6. The van der Waals surface area contributed by atoms with Crippen LogP contribution < -0.4 is 5.32 Å². The highest BCUT2D eigenvalue weighted by Crippen LogP contribution is 2.26. The molecule has 4 aromatic rings. The fourth-order valence-corrected chi connectivity index (χ4v) is 4.05. The number of pyridine rings is 1. The molecule has 1 aliphatic rings. The van der Waals surface area contributed by atoms with Crippen LogP contribution in [0.15, 0.2) is 48.7 Å². The minimum absolute atomic E-state index is 0.511. The molecule has 0 bridgehead atoms. The van der Waals surface area contributed by atoms with Crippen molar-refractivity contribution in [2.75, 3.05) is 38.2 Å². The molecule has 0 radical (unpaired) electrons. The van der Waals surface area contributed by atoms with Crippen molar-refractivity contribution in [3.05, 3.63) is 59.9 Å². The van der Waals surface area contributed by atoms with Gasteiger partial charge in [0.1, 0.15) is 18.3 Å². The fourth-order valence-electron chi connectivity index (χ4n) is 4.05. The number of nitrogens with zero attached hydrogens (tertiary/aromatic N) is 5. The lowest BCUT2D eigenvalue weighted by Crippen LogP contribution is -2.36. The zero-order valence-corrected chi connectivity index (χ0v) is 18.3. The Labute approximate surface area is 191 Å². The first-order valence-corrected chi connectivity index (χ1v) is 11.2. The van der Waals surface area contributed by atoms with E-state index in [4.69, 9.17) is 14.7 Å². The maximum atomic E-state index is 13.7. The van der Waals surface area contributed by atoms with Gasteiger partial charge in [0.25, 0.3) is 0 Å². The summed E-state index contributed by atoms with van der Waals surface area (Å²) >= 11 is 0. The van der Waals surface area contributed by atoms with Gasteiger partial charge in [-0.05, 0) is 37.1 Å². The molecule has 1 aliphatic heterocycles. The molecule has 170 valence electrons. The lowest BCUT2D eigenvalue weighted by atomic mass is 10.1. The van der Waals surface area contributed by atoms with Crippen LogP contribution in [0, 0.1) is 0 Å². The van der Waals surface area contributed by atoms with Crippen molar-refractivity contribution in [2.24, 2.45) is 0 Å². The second-order valence-corrected chi connectivity index (χ2v) is 8.01. The maximum absolute atomic E-state index is 13.7. The lowest BCUT2D eigenvalue weighted by molar-refractivity contribution is 0.0374. The van der Waals surface area contributed by atoms with Crippen LogP contribution in [-0.2, 0) is 17.8 Å². The van der Waals surface area contributed by atoms with Crippen LogP contribution in [0.3, 0.4) is 0 Å². The van der Waals surface area contributed by atoms with Crippen LogP contribution in [0.1, 0.15) is 17.7 Å². The smallest absolute Gasteiger partial charge is 0.183 e. The average molecular weight is 448 g/mol. The van der Waals surface area contributed by atoms with Crippen LogP contribution in [0.5, 0.6) is 0 Å². The third-order valence-electron chi connectivity index (χ3n) is 5.78. The number of hydrogen-bond donors (Lipinski definition) is 2. The zero-order valence-electron chi connectivity index (χ0n) is 18.3. The molecule has 33 heavy (non-hydrogen) atoms. The number of aromatic amines is 1. The minimum atomic E-state index is -0.569. The van der Waals surface area contributed by atoms with Crippen molar-refractivity contribution in [2.45, 2.75) is 19.5 Å². The van der Waals surface area contributed by atoms with Gasteiger partial charge in [0.05, 0.1) is 18.6 Å². The van der Waals surface area contributed by atoms with Crippen LogP contribution in [0.4, 0.5) is 16.0 Å². The van der Waals surface area contributed by atoms with Crippen LogP contribution in [-0.4, -0.2) is 62.9 Å². The van der Waals surface area contributed by atoms with E-state index >= 15 is 0 Å². The summed E-state index contributed by atoms with van der Waals surface area (Å²) in [6.07, 6.45) is 3.47. The van der Waals surface area contributed by atoms with Gasteiger partial charge in [-0.15, -0.1) is 0 Å². The number of anilines is 2. The average Bonchev–Trinajstić information content (AvgIpc) is 3.27. The van der Waals surface area contributed by atoms with E-state index in [1.807, 2.05) is 36.4 Å². The molecule has 9 heteroatoms. The van der Waals surface area contributed by atoms with Crippen LogP contribution in [0.25, 0.3) is 22.4 Å². The summed E-state index contributed by atoms with van der Waals surface area (Å²) in [4.78, 5) is 16.2. The van der Waals surface area contributed by atoms with Crippen molar-refractivity contribution in [1.82, 2.24) is 30.0 Å². The number of rotatable bonds is 8. The van der Waals surface area contributed by atoms with E-state index in [0.29, 0.717) is 34.2 Å². The molecular weight excluding hydrogens is 421 g/mol. The highest BCUT2D eigenvalue weighted by molar-refractivity contribution is 5.88. The molecule has 1 aromatic carbocycles. The van der Waals surface area contributed by atoms with Gasteiger partial charge in [-0.3, -0.25) is 10.00 Å². The minimum Gasteiger partial charge on any atom is -0.379 e. The van der Waals surface area contributed by atoms with E-state index in [1.54, 1.807) is 12.3 Å². The van der Waals surface area contributed by atoms with E-state index in [2.05, 4.69) is 25.4 Å². The Hall–Kier alpha value is -3.43. The fraction of sp³-hybridized carbons (Fsp3) is 0.333. The van der Waals surface area contributed by atoms with Crippen molar-refractivity contribution in [3.63, 3.8) is 0 Å². The second kappa shape index (κ2) is 10.0. The molecule has 5 rings (SSSR count). The summed E-state index contributed by atoms with van der Waals surface area (Å²) in [5.41, 5.74) is 2.81. The Balaban J connectivity index is 1.43. The molecule has 0 amide bonds. The number of H-pyrrole nitrogens is 1. The topological polar surface area (TPSA) is 91.8 Å². The Kier molecular flexibility index (Phi) is 6.50. The Morgan fingerprint density at radius 2 is 1.97 bits per heavy atom. The molecule has 0 unspecified atom stereocenters. The molecule has 3 aromatic heterocycles. The molecule has 0 atom stereocenters. The van der Waals surface area contributed by atoms with Crippen molar-refractivity contribution in [3.8, 4) is 11.4 Å². The number of fused-ring (bicyclic) bond motifs is 1. The number of hydrogen-bond acceptors (Lipinski definition) is 7. The largest absolute Gasteiger partial charge is 0.379 e. The molecule has 8 nitrogen and oxygen atoms in total. The summed E-state index contributed by atoms with van der Waals surface area (Å²) in [5.74, 6) is 1.85. The summed E-state index contributed by atoms with van der Waals surface area (Å²) in [7, 11) is 0. The molecule has 0 aliphatic carbocycles. The molecule has 0 saturated carbocycles. The lowest BCUT2D eigenvalue weighted by Gasteiger charge is -2.26. The van der Waals surface area contributed by atoms with Crippen molar-refractivity contribution in [1.29, 1.82) is 0 Å². The quantitative estimate of drug-likeness (QED) is 0.423. The van der Waals surface area contributed by atoms with Crippen molar-refractivity contribution >= 4 is 22.7 Å². The highest BCUT2D eigenvalue weighted by atomic mass is 19.1. The van der Waals surface area contributed by atoms with Gasteiger partial charge in [-0.25, -0.2) is 19.3 Å². The molecule has 2 N–H and O–H groups in total. The van der Waals surface area contributed by atoms with Gasteiger partial charge in [-0.1, -0.05) is 24.3 Å². The molecule has 0 spiro atoms. The Morgan fingerprint density at radius 1 is 1.09 bits per heavy atom. The number of ether oxygens (including phenoxy) is 1. The Morgan fingerprint density at radius 3 is 2.85 bits per heavy atom. The van der Waals surface area contributed by atoms with Crippen LogP contribution in [0.2, 0.25) is 0 Å². The summed E-state index contributed by atoms with van der Waals surface area (Å²) < 4.78 is 19.1. The Bertz CT molecular complexity index is 1220. The third-order valence-corrected chi connectivity index (χ3v) is 5.78. The van der Waals surface area contributed by atoms with E-state index < -0.39 is 6.67 Å². The van der Waals surface area contributed by atoms with Gasteiger partial charge in [0, 0.05) is 36.6 Å². The number of halogens is 1. The number of aryl methyl sites for hydroxylation is 1. The van der Waals surface area contributed by atoms with Gasteiger partial charge in [0.15, 0.2) is 11.5 Å². The third kappa shape index (κ3) is 4.99. The van der Waals surface area contributed by atoms with Gasteiger partial charge >= 0.3 is 0 Å². The van der Waals surface area contributed by atoms with Gasteiger partial charge < -0.3 is 10.1 Å². The number of benzene rings is 1. The predicted octanol–water partition coefficient (Wildman–Crippen LogP) is 3.89. The maximum Gasteiger partial charge on any atom is 0.183 e. The molecule has 1 fully saturated rings. The first-order valence-electron chi connectivity index (χ1n) is 11.2. The van der Waals surface area contributed by atoms with Gasteiger partial charge in [-0.2, -0.15) is 5.10 Å². The van der Waals surface area contributed by atoms with E-state index in [1.165, 1.54) is 0 Å². The monoisotopic (exact) mass is 447 g/mol. The summed E-state index contributed by atoms with van der Waals surface area (Å²) in [5, 5.41) is 11.4. The summed E-state index contributed by atoms with van der Waals surface area (Å²) in [6.45, 7) is 3.93. The van der Waals surface area contributed by atoms with Crippen LogP contribution >= 0.6 is 0 Å². The second-order valence-electron chi connectivity index (χ2n) is 8.01. The number of aromatic nitrogens is 5. The zero-order chi connectivity index (χ0) is 22.5. The highest BCUT2D eigenvalue weighted by Gasteiger charge is 2.14. The first-order chi connectivity index (χ1) is 16.3. The molecule has 1 saturated heterocycles.